The van der Waals surface area contributed by atoms with Crippen LogP contribution < -0.4 is 16.0 Å². The van der Waals surface area contributed by atoms with Crippen LogP contribution in [0.1, 0.15) is 245 Å². The fraction of sp³-hybridized carbons (Fsp3) is 0.953. The van der Waals surface area contributed by atoms with Crippen LogP contribution in [0.25, 0.3) is 0 Å². The summed E-state index contributed by atoms with van der Waals surface area (Å²) in [7, 11) is 0. The van der Waals surface area contributed by atoms with Crippen molar-refractivity contribution >= 4 is 11.9 Å². The lowest BCUT2D eigenvalue weighted by Crippen LogP contribution is -2.36. The number of hydrogen-bond donors (Lipinski definition) is 3. The maximum Gasteiger partial charge on any atom is 0.314 e. The number of carbonyl (C=O) groups is 2. The van der Waals surface area contributed by atoms with Gasteiger partial charge in [0.2, 0.25) is 5.91 Å². The van der Waals surface area contributed by atoms with E-state index in [0.29, 0.717) is 13.0 Å². The SMILES string of the molecule is CCCCCCCCCCCCCCCCCCNC(=O)CCCCCNC(=O)NCCCCCCCCCCCCCCCCCC. The van der Waals surface area contributed by atoms with Gasteiger partial charge in [-0.2, -0.15) is 0 Å². The fourth-order valence-corrected chi connectivity index (χ4v) is 6.72. The highest BCUT2D eigenvalue weighted by Gasteiger charge is 2.03. The Kier molecular flexibility index (Phi) is 40.8. The van der Waals surface area contributed by atoms with Crippen molar-refractivity contribution in [3.8, 4) is 0 Å². The summed E-state index contributed by atoms with van der Waals surface area (Å²) in [4.78, 5) is 24.1. The monoisotopic (exact) mass is 678 g/mol. The molecule has 3 N–H and O–H groups in total. The molecule has 0 rings (SSSR count). The first kappa shape index (κ1) is 46.7. The molecule has 0 atom stereocenters. The zero-order valence-electron chi connectivity index (χ0n) is 32.9. The Hall–Kier alpha value is -1.26. The Morgan fingerprint density at radius 1 is 0.292 bits per heavy atom. The van der Waals surface area contributed by atoms with E-state index in [-0.39, 0.29) is 11.9 Å². The molecule has 0 aliphatic rings. The van der Waals surface area contributed by atoms with Crippen LogP contribution in [0.5, 0.6) is 0 Å². The minimum Gasteiger partial charge on any atom is -0.356 e. The van der Waals surface area contributed by atoms with Crippen molar-refractivity contribution in [3.05, 3.63) is 0 Å². The summed E-state index contributed by atoms with van der Waals surface area (Å²) in [6.07, 6.45) is 47.2. The predicted molar refractivity (Wildman–Crippen MR) is 212 cm³/mol. The lowest BCUT2D eigenvalue weighted by molar-refractivity contribution is -0.121. The molecule has 5 nitrogen and oxygen atoms in total. The van der Waals surface area contributed by atoms with E-state index in [1.807, 2.05) is 0 Å². The molecule has 0 aromatic carbocycles. The summed E-state index contributed by atoms with van der Waals surface area (Å²) in [5.74, 6) is 0.181. The second kappa shape index (κ2) is 41.9. The molecule has 286 valence electrons. The molecule has 0 bridgehead atoms. The Morgan fingerprint density at radius 3 is 0.812 bits per heavy atom. The third-order valence-electron chi connectivity index (χ3n) is 10.0. The van der Waals surface area contributed by atoms with Gasteiger partial charge in [0.15, 0.2) is 0 Å². The molecule has 0 aromatic rings. The molecule has 5 heteroatoms. The molecule has 0 unspecified atom stereocenters. The first-order chi connectivity index (χ1) is 23.7. The maximum absolute atomic E-state index is 12.1. The van der Waals surface area contributed by atoms with E-state index in [0.717, 1.165) is 45.2 Å². The number of carbonyl (C=O) groups excluding carboxylic acids is 2. The predicted octanol–water partition coefficient (Wildman–Crippen LogP) is 13.5. The number of nitrogens with one attached hydrogen (secondary N) is 3. The van der Waals surface area contributed by atoms with Crippen LogP contribution >= 0.6 is 0 Å². The Balaban J connectivity index is 3.24. The molecule has 0 aromatic heterocycles. The standard InChI is InChI=1S/C43H87N3O2/c1-3-5-7-9-11-13-15-17-19-21-23-25-27-29-31-35-39-44-42(47)38-34-33-37-41-46-43(48)45-40-36-32-30-28-26-24-22-20-18-16-14-12-10-8-6-4-2/h3-41H2,1-2H3,(H,44,47)(H2,45,46,48). The van der Waals surface area contributed by atoms with Crippen molar-refractivity contribution in [1.29, 1.82) is 0 Å². The highest BCUT2D eigenvalue weighted by molar-refractivity contribution is 5.75. The van der Waals surface area contributed by atoms with E-state index in [1.54, 1.807) is 0 Å². The number of rotatable bonds is 40. The van der Waals surface area contributed by atoms with Crippen molar-refractivity contribution in [2.45, 2.75) is 245 Å². The quantitative estimate of drug-likeness (QED) is 0.0565. The topological polar surface area (TPSA) is 70.2 Å². The molecule has 0 fully saturated rings. The molecule has 0 saturated carbocycles. The van der Waals surface area contributed by atoms with Crippen LogP contribution in [0, 0.1) is 0 Å². The molecule has 0 aliphatic carbocycles. The summed E-state index contributed by atoms with van der Waals surface area (Å²) in [6, 6.07) is -0.0486. The Labute approximate surface area is 301 Å². The van der Waals surface area contributed by atoms with Gasteiger partial charge in [0.25, 0.3) is 0 Å². The summed E-state index contributed by atoms with van der Waals surface area (Å²) in [5, 5.41) is 9.04. The van der Waals surface area contributed by atoms with E-state index in [9.17, 15) is 9.59 Å². The third-order valence-corrected chi connectivity index (χ3v) is 10.0. The van der Waals surface area contributed by atoms with Crippen LogP contribution in [0.15, 0.2) is 0 Å². The van der Waals surface area contributed by atoms with E-state index in [2.05, 4.69) is 29.8 Å². The smallest absolute Gasteiger partial charge is 0.314 e. The molecule has 0 saturated heterocycles. The second-order valence-corrected chi connectivity index (χ2v) is 14.9. The van der Waals surface area contributed by atoms with Crippen LogP contribution in [-0.2, 0) is 4.79 Å². The minimum atomic E-state index is -0.0486. The zero-order chi connectivity index (χ0) is 34.9. The second-order valence-electron chi connectivity index (χ2n) is 14.9. The van der Waals surface area contributed by atoms with Gasteiger partial charge >= 0.3 is 6.03 Å². The number of hydrogen-bond acceptors (Lipinski definition) is 2. The van der Waals surface area contributed by atoms with Gasteiger partial charge in [0, 0.05) is 26.1 Å². The number of unbranched alkanes of at least 4 members (excludes halogenated alkanes) is 32. The molecule has 3 amide bonds. The van der Waals surface area contributed by atoms with Gasteiger partial charge in [-0.3, -0.25) is 4.79 Å². The molecule has 48 heavy (non-hydrogen) atoms. The molecule has 0 radical (unpaired) electrons. The van der Waals surface area contributed by atoms with Gasteiger partial charge in [-0.05, 0) is 25.7 Å². The highest BCUT2D eigenvalue weighted by atomic mass is 16.2. The zero-order valence-corrected chi connectivity index (χ0v) is 32.9. The summed E-state index contributed by atoms with van der Waals surface area (Å²) in [6.45, 7) is 6.85. The van der Waals surface area contributed by atoms with Gasteiger partial charge in [0.1, 0.15) is 0 Å². The van der Waals surface area contributed by atoms with Gasteiger partial charge in [-0.1, -0.05) is 213 Å². The first-order valence-corrected chi connectivity index (χ1v) is 22.0. The van der Waals surface area contributed by atoms with Crippen LogP contribution in [0.2, 0.25) is 0 Å². The van der Waals surface area contributed by atoms with E-state index in [4.69, 9.17) is 0 Å². The highest BCUT2D eigenvalue weighted by Crippen LogP contribution is 2.15. The summed E-state index contributed by atoms with van der Waals surface area (Å²) in [5.41, 5.74) is 0. The normalized spacial score (nSPS) is 11.2. The molecular formula is C43H87N3O2. The Morgan fingerprint density at radius 2 is 0.521 bits per heavy atom. The van der Waals surface area contributed by atoms with Gasteiger partial charge in [0.05, 0.1) is 0 Å². The largest absolute Gasteiger partial charge is 0.356 e. The minimum absolute atomic E-state index is 0.0486. The van der Waals surface area contributed by atoms with Crippen molar-refractivity contribution < 1.29 is 9.59 Å². The maximum atomic E-state index is 12.1. The number of urea groups is 1. The first-order valence-electron chi connectivity index (χ1n) is 22.0. The average molecular weight is 678 g/mol. The van der Waals surface area contributed by atoms with Gasteiger partial charge < -0.3 is 16.0 Å². The van der Waals surface area contributed by atoms with Gasteiger partial charge in [-0.25, -0.2) is 4.79 Å². The van der Waals surface area contributed by atoms with Crippen molar-refractivity contribution in [3.63, 3.8) is 0 Å². The van der Waals surface area contributed by atoms with Crippen molar-refractivity contribution in [1.82, 2.24) is 16.0 Å². The lowest BCUT2D eigenvalue weighted by atomic mass is 10.0. The van der Waals surface area contributed by atoms with Gasteiger partial charge in [-0.15, -0.1) is 0 Å². The van der Waals surface area contributed by atoms with E-state index < -0.39 is 0 Å². The molecule has 0 aliphatic heterocycles. The Bertz CT molecular complexity index is 588. The van der Waals surface area contributed by atoms with Crippen molar-refractivity contribution in [2.24, 2.45) is 0 Å². The molecular weight excluding hydrogens is 590 g/mol. The lowest BCUT2D eigenvalue weighted by Gasteiger charge is -2.08. The third kappa shape index (κ3) is 40.9. The fourth-order valence-electron chi connectivity index (χ4n) is 6.72. The van der Waals surface area contributed by atoms with Crippen LogP contribution in [0.4, 0.5) is 4.79 Å². The number of amides is 3. The van der Waals surface area contributed by atoms with Crippen LogP contribution in [-0.4, -0.2) is 31.6 Å². The average Bonchev–Trinajstić information content (AvgIpc) is 3.09. The van der Waals surface area contributed by atoms with Crippen LogP contribution in [0.3, 0.4) is 0 Å². The summed E-state index contributed by atoms with van der Waals surface area (Å²) >= 11 is 0. The van der Waals surface area contributed by atoms with Crippen molar-refractivity contribution in [2.75, 3.05) is 19.6 Å². The van der Waals surface area contributed by atoms with E-state index >= 15 is 0 Å². The molecule has 0 heterocycles. The van der Waals surface area contributed by atoms with E-state index in [1.165, 1.54) is 193 Å². The summed E-state index contributed by atoms with van der Waals surface area (Å²) < 4.78 is 0. The molecule has 0 spiro atoms.